The third-order valence-corrected chi connectivity index (χ3v) is 2.99. The zero-order chi connectivity index (χ0) is 15.5. The first-order valence-electron chi connectivity index (χ1n) is 5.75. The zero-order valence-electron chi connectivity index (χ0n) is 10.5. The number of alkyl halides is 3. The molecule has 0 radical (unpaired) electrons. The highest BCUT2D eigenvalue weighted by atomic mass is 79.9. The molecule has 0 fully saturated rings. The van der Waals surface area contributed by atoms with Crippen LogP contribution in [0.15, 0.2) is 41.0 Å². The van der Waals surface area contributed by atoms with Gasteiger partial charge in [-0.25, -0.2) is 0 Å². The van der Waals surface area contributed by atoms with Crippen molar-refractivity contribution in [2.75, 3.05) is 0 Å². The molecule has 0 aliphatic carbocycles. The average molecular weight is 363 g/mol. The molecule has 0 saturated carbocycles. The molecule has 0 aliphatic rings. The summed E-state index contributed by atoms with van der Waals surface area (Å²) in [6, 6.07) is 7.27. The van der Waals surface area contributed by atoms with Gasteiger partial charge < -0.3 is 15.2 Å². The van der Waals surface area contributed by atoms with E-state index in [-0.39, 0.29) is 10.2 Å². The Kier molecular flexibility index (Phi) is 4.69. The molecule has 0 bridgehead atoms. The largest absolute Gasteiger partial charge is 0.573 e. The van der Waals surface area contributed by atoms with Crippen molar-refractivity contribution in [3.63, 3.8) is 0 Å². The number of nitrogens with zero attached hydrogens (tertiary/aromatic N) is 1. The van der Waals surface area contributed by atoms with Crippen LogP contribution in [0, 0.1) is 0 Å². The number of aromatic nitrogens is 1. The maximum atomic E-state index is 12.1. The summed E-state index contributed by atoms with van der Waals surface area (Å²) in [6.07, 6.45) is -3.26. The lowest BCUT2D eigenvalue weighted by Crippen LogP contribution is -2.17. The lowest BCUT2D eigenvalue weighted by Gasteiger charge is -2.12. The maximum absolute atomic E-state index is 12.1. The van der Waals surface area contributed by atoms with E-state index in [0.717, 1.165) is 6.07 Å². The standard InChI is InChI=1S/C13H10BrF3N2O2/c14-11-5-9(3-4-12(11)21-13(15,16)17)20-10-2-1-8(6-18)19-7-10/h1-5,7H,6,18H2. The van der Waals surface area contributed by atoms with Crippen molar-refractivity contribution in [2.45, 2.75) is 12.9 Å². The van der Waals surface area contributed by atoms with E-state index in [2.05, 4.69) is 25.7 Å². The van der Waals surface area contributed by atoms with Gasteiger partial charge in [-0.1, -0.05) is 0 Å². The van der Waals surface area contributed by atoms with E-state index in [4.69, 9.17) is 10.5 Å². The van der Waals surface area contributed by atoms with E-state index in [1.165, 1.54) is 18.3 Å². The highest BCUT2D eigenvalue weighted by Gasteiger charge is 2.32. The van der Waals surface area contributed by atoms with Gasteiger partial charge in [0.15, 0.2) is 0 Å². The number of benzene rings is 1. The Hall–Kier alpha value is -1.80. The Bertz CT molecular complexity index is 618. The highest BCUT2D eigenvalue weighted by Crippen LogP contribution is 2.34. The molecule has 1 aromatic carbocycles. The molecule has 2 N–H and O–H groups in total. The number of halogens is 4. The number of hydrogen-bond acceptors (Lipinski definition) is 4. The van der Waals surface area contributed by atoms with Crippen LogP contribution in [0.5, 0.6) is 17.2 Å². The van der Waals surface area contributed by atoms with Crippen molar-refractivity contribution in [1.82, 2.24) is 4.98 Å². The summed E-state index contributed by atoms with van der Waals surface area (Å²) in [7, 11) is 0. The van der Waals surface area contributed by atoms with Crippen molar-refractivity contribution in [3.05, 3.63) is 46.7 Å². The van der Waals surface area contributed by atoms with E-state index in [0.29, 0.717) is 23.7 Å². The third-order valence-electron chi connectivity index (χ3n) is 2.37. The molecule has 0 unspecified atom stereocenters. The van der Waals surface area contributed by atoms with E-state index in [9.17, 15) is 13.2 Å². The second-order valence-corrected chi connectivity index (χ2v) is 4.79. The second kappa shape index (κ2) is 6.31. The summed E-state index contributed by atoms with van der Waals surface area (Å²) in [5.41, 5.74) is 6.13. The molecule has 0 spiro atoms. The summed E-state index contributed by atoms with van der Waals surface area (Å²) in [6.45, 7) is 0.315. The first-order valence-corrected chi connectivity index (χ1v) is 6.55. The lowest BCUT2D eigenvalue weighted by atomic mass is 10.3. The Morgan fingerprint density at radius 3 is 2.38 bits per heavy atom. The Morgan fingerprint density at radius 2 is 1.86 bits per heavy atom. The number of pyridine rings is 1. The minimum atomic E-state index is -4.74. The van der Waals surface area contributed by atoms with Crippen molar-refractivity contribution in [2.24, 2.45) is 5.73 Å². The fraction of sp³-hybridized carbons (Fsp3) is 0.154. The first-order chi connectivity index (χ1) is 9.87. The minimum Gasteiger partial charge on any atom is -0.456 e. The lowest BCUT2D eigenvalue weighted by molar-refractivity contribution is -0.274. The Labute approximate surface area is 126 Å². The van der Waals surface area contributed by atoms with Crippen LogP contribution in [0.1, 0.15) is 5.69 Å². The predicted octanol–water partition coefficient (Wildman–Crippen LogP) is 3.99. The van der Waals surface area contributed by atoms with Crippen LogP contribution in [0.2, 0.25) is 0 Å². The van der Waals surface area contributed by atoms with Gasteiger partial charge in [-0.05, 0) is 46.3 Å². The van der Waals surface area contributed by atoms with E-state index in [1.54, 1.807) is 12.1 Å². The van der Waals surface area contributed by atoms with Gasteiger partial charge in [-0.15, -0.1) is 13.2 Å². The molecule has 8 heteroatoms. The number of hydrogen-bond donors (Lipinski definition) is 1. The third kappa shape index (κ3) is 4.61. The normalized spacial score (nSPS) is 11.3. The van der Waals surface area contributed by atoms with E-state index in [1.807, 2.05) is 0 Å². The van der Waals surface area contributed by atoms with Gasteiger partial charge in [0.2, 0.25) is 0 Å². The van der Waals surface area contributed by atoms with Crippen LogP contribution in [0.25, 0.3) is 0 Å². The molecule has 2 rings (SSSR count). The van der Waals surface area contributed by atoms with Crippen molar-refractivity contribution in [1.29, 1.82) is 0 Å². The van der Waals surface area contributed by atoms with Gasteiger partial charge in [0.05, 0.1) is 16.4 Å². The van der Waals surface area contributed by atoms with Crippen molar-refractivity contribution in [3.8, 4) is 17.2 Å². The molecular weight excluding hydrogens is 353 g/mol. The van der Waals surface area contributed by atoms with Gasteiger partial charge >= 0.3 is 6.36 Å². The second-order valence-electron chi connectivity index (χ2n) is 3.93. The maximum Gasteiger partial charge on any atom is 0.573 e. The molecule has 0 atom stereocenters. The van der Waals surface area contributed by atoms with Crippen molar-refractivity contribution >= 4 is 15.9 Å². The molecule has 1 heterocycles. The molecular formula is C13H10BrF3N2O2. The smallest absolute Gasteiger partial charge is 0.456 e. The van der Waals surface area contributed by atoms with E-state index >= 15 is 0 Å². The summed E-state index contributed by atoms with van der Waals surface area (Å²) < 4.78 is 45.9. The SMILES string of the molecule is NCc1ccc(Oc2ccc(OC(F)(F)F)c(Br)c2)cn1. The fourth-order valence-electron chi connectivity index (χ4n) is 1.48. The number of ether oxygens (including phenoxy) is 2. The average Bonchev–Trinajstić information content (AvgIpc) is 2.41. The topological polar surface area (TPSA) is 57.4 Å². The quantitative estimate of drug-likeness (QED) is 0.893. The molecule has 112 valence electrons. The molecule has 2 aromatic rings. The van der Waals surface area contributed by atoms with Crippen LogP contribution in [-0.2, 0) is 6.54 Å². The van der Waals surface area contributed by atoms with Crippen LogP contribution in [0.3, 0.4) is 0 Å². The number of rotatable bonds is 4. The minimum absolute atomic E-state index is 0.129. The predicted molar refractivity (Wildman–Crippen MR) is 73.0 cm³/mol. The summed E-state index contributed by atoms with van der Waals surface area (Å²) >= 11 is 3.00. The molecule has 4 nitrogen and oxygen atoms in total. The highest BCUT2D eigenvalue weighted by molar-refractivity contribution is 9.10. The van der Waals surface area contributed by atoms with Gasteiger partial charge in [0.1, 0.15) is 17.2 Å². The molecule has 21 heavy (non-hydrogen) atoms. The van der Waals surface area contributed by atoms with Crippen LogP contribution in [0.4, 0.5) is 13.2 Å². The molecule has 0 amide bonds. The van der Waals surface area contributed by atoms with Crippen LogP contribution < -0.4 is 15.2 Å². The Balaban J connectivity index is 2.12. The summed E-state index contributed by atoms with van der Waals surface area (Å²) in [5, 5.41) is 0. The van der Waals surface area contributed by atoms with Gasteiger partial charge in [0.25, 0.3) is 0 Å². The fourth-order valence-corrected chi connectivity index (χ4v) is 1.92. The van der Waals surface area contributed by atoms with Gasteiger partial charge in [-0.3, -0.25) is 4.98 Å². The van der Waals surface area contributed by atoms with E-state index < -0.39 is 6.36 Å². The molecule has 0 saturated heterocycles. The van der Waals surface area contributed by atoms with Crippen LogP contribution in [-0.4, -0.2) is 11.3 Å². The Morgan fingerprint density at radius 1 is 1.14 bits per heavy atom. The monoisotopic (exact) mass is 362 g/mol. The zero-order valence-corrected chi connectivity index (χ0v) is 12.1. The van der Waals surface area contributed by atoms with Gasteiger partial charge in [0, 0.05) is 6.54 Å². The summed E-state index contributed by atoms with van der Waals surface area (Å²) in [5.74, 6) is 0.453. The first kappa shape index (κ1) is 15.6. The van der Waals surface area contributed by atoms with Crippen molar-refractivity contribution < 1.29 is 22.6 Å². The molecule has 0 aliphatic heterocycles. The number of nitrogens with two attached hydrogens (primary N) is 1. The van der Waals surface area contributed by atoms with Crippen LogP contribution >= 0.6 is 15.9 Å². The van der Waals surface area contributed by atoms with Gasteiger partial charge in [-0.2, -0.15) is 0 Å². The summed E-state index contributed by atoms with van der Waals surface area (Å²) in [4.78, 5) is 4.05. The molecule has 1 aromatic heterocycles.